The van der Waals surface area contributed by atoms with E-state index in [-0.39, 0.29) is 11.1 Å². The lowest BCUT2D eigenvalue weighted by Gasteiger charge is -2.14. The molecule has 0 aromatic heterocycles. The first-order valence-corrected chi connectivity index (χ1v) is 8.69. The average Bonchev–Trinajstić information content (AvgIpc) is 2.68. The first-order valence-electron chi connectivity index (χ1n) is 8.69. The van der Waals surface area contributed by atoms with Gasteiger partial charge in [-0.1, -0.05) is 44.2 Å². The molecular formula is C21H22N4O2. The van der Waals surface area contributed by atoms with Crippen LogP contribution in [0.3, 0.4) is 0 Å². The zero-order chi connectivity index (χ0) is 19.8. The van der Waals surface area contributed by atoms with Crippen molar-refractivity contribution < 1.29 is 9.59 Å². The second-order valence-corrected chi connectivity index (χ2v) is 5.84. The van der Waals surface area contributed by atoms with Crippen molar-refractivity contribution in [2.24, 2.45) is 5.73 Å². The van der Waals surface area contributed by atoms with Crippen LogP contribution in [-0.2, 0) is 17.6 Å². The normalized spacial score (nSPS) is 10.8. The van der Waals surface area contributed by atoms with Crippen LogP contribution in [0.4, 0.5) is 11.4 Å². The zero-order valence-electron chi connectivity index (χ0n) is 15.4. The van der Waals surface area contributed by atoms with Crippen LogP contribution in [0.2, 0.25) is 0 Å². The summed E-state index contributed by atoms with van der Waals surface area (Å²) in [5.74, 6) is -1.11. The third-order valence-electron chi connectivity index (χ3n) is 4.17. The van der Waals surface area contributed by atoms with E-state index in [0.717, 1.165) is 29.7 Å². The number of nitrogens with two attached hydrogens (primary N) is 1. The van der Waals surface area contributed by atoms with Gasteiger partial charge in [0.05, 0.1) is 11.3 Å². The number of nitrogens with one attached hydrogen (secondary N) is 2. The lowest BCUT2D eigenvalue weighted by molar-refractivity contribution is -0.112. The number of amides is 2. The number of rotatable bonds is 7. The van der Waals surface area contributed by atoms with E-state index in [0.29, 0.717) is 5.69 Å². The Balaban J connectivity index is 2.27. The molecule has 2 aromatic rings. The Bertz CT molecular complexity index is 904. The standard InChI is InChI=1S/C21H22N4O2/c1-3-14-8-7-9-15(4-2)19(14)25-21(27)16(12-22)13-24-18-11-6-5-10-17(18)20(23)26/h5-11,13,24H,3-4H2,1-2H3,(H2,23,26)(H,25,27)/b16-13-. The molecule has 6 heteroatoms. The first-order chi connectivity index (χ1) is 13.0. The number of primary amides is 1. The van der Waals surface area contributed by atoms with Crippen molar-refractivity contribution in [1.29, 1.82) is 5.26 Å². The molecule has 0 aliphatic heterocycles. The van der Waals surface area contributed by atoms with E-state index in [9.17, 15) is 14.9 Å². The second kappa shape index (κ2) is 9.20. The minimum atomic E-state index is -0.598. The molecule has 4 N–H and O–H groups in total. The summed E-state index contributed by atoms with van der Waals surface area (Å²) >= 11 is 0. The lowest BCUT2D eigenvalue weighted by atomic mass is 10.0. The number of carbonyl (C=O) groups excluding carboxylic acids is 2. The first kappa shape index (κ1) is 19.7. The Labute approximate surface area is 158 Å². The summed E-state index contributed by atoms with van der Waals surface area (Å²) in [6, 6.07) is 14.4. The van der Waals surface area contributed by atoms with Crippen LogP contribution in [0, 0.1) is 11.3 Å². The maximum atomic E-state index is 12.6. The van der Waals surface area contributed by atoms with Gasteiger partial charge < -0.3 is 16.4 Å². The molecule has 27 heavy (non-hydrogen) atoms. The van der Waals surface area contributed by atoms with Crippen LogP contribution in [0.15, 0.2) is 54.2 Å². The van der Waals surface area contributed by atoms with Crippen LogP contribution < -0.4 is 16.4 Å². The van der Waals surface area contributed by atoms with Crippen LogP contribution in [0.25, 0.3) is 0 Å². The highest BCUT2D eigenvalue weighted by molar-refractivity contribution is 6.07. The number of carbonyl (C=O) groups is 2. The Morgan fingerprint density at radius 3 is 2.26 bits per heavy atom. The Hall–Kier alpha value is -3.59. The highest BCUT2D eigenvalue weighted by atomic mass is 16.2. The average molecular weight is 362 g/mol. The molecule has 0 saturated carbocycles. The predicted octanol–water partition coefficient (Wildman–Crippen LogP) is 3.37. The summed E-state index contributed by atoms with van der Waals surface area (Å²) in [4.78, 5) is 24.1. The molecule has 6 nitrogen and oxygen atoms in total. The molecule has 0 bridgehead atoms. The largest absolute Gasteiger partial charge is 0.366 e. The summed E-state index contributed by atoms with van der Waals surface area (Å²) in [6.45, 7) is 4.02. The molecule has 0 spiro atoms. The maximum Gasteiger partial charge on any atom is 0.267 e. The second-order valence-electron chi connectivity index (χ2n) is 5.84. The van der Waals surface area contributed by atoms with Crippen molar-refractivity contribution in [3.63, 3.8) is 0 Å². The Morgan fingerprint density at radius 2 is 1.70 bits per heavy atom. The van der Waals surface area contributed by atoms with Gasteiger partial charge in [-0.2, -0.15) is 5.26 Å². The molecular weight excluding hydrogens is 340 g/mol. The summed E-state index contributed by atoms with van der Waals surface area (Å²) in [7, 11) is 0. The van der Waals surface area contributed by atoms with Crippen molar-refractivity contribution in [1.82, 2.24) is 0 Å². The molecule has 0 radical (unpaired) electrons. The van der Waals surface area contributed by atoms with E-state index in [1.165, 1.54) is 6.20 Å². The van der Waals surface area contributed by atoms with Gasteiger partial charge >= 0.3 is 0 Å². The quantitative estimate of drug-likeness (QED) is 0.518. The molecule has 0 aliphatic carbocycles. The number of aryl methyl sites for hydroxylation is 2. The highest BCUT2D eigenvalue weighted by Crippen LogP contribution is 2.23. The van der Waals surface area contributed by atoms with E-state index < -0.39 is 11.8 Å². The SMILES string of the molecule is CCc1cccc(CC)c1NC(=O)/C(C#N)=C\Nc1ccccc1C(N)=O. The fourth-order valence-corrected chi connectivity index (χ4v) is 2.71. The number of anilines is 2. The van der Waals surface area contributed by atoms with Gasteiger partial charge in [-0.15, -0.1) is 0 Å². The molecule has 0 heterocycles. The topological polar surface area (TPSA) is 108 Å². The summed E-state index contributed by atoms with van der Waals surface area (Å²) in [6.07, 6.45) is 2.80. The van der Waals surface area contributed by atoms with Crippen molar-refractivity contribution in [3.05, 3.63) is 70.9 Å². The summed E-state index contributed by atoms with van der Waals surface area (Å²) in [5, 5.41) is 15.0. The van der Waals surface area contributed by atoms with Gasteiger partial charge in [0.1, 0.15) is 11.6 Å². The van der Waals surface area contributed by atoms with Crippen LogP contribution in [0.5, 0.6) is 0 Å². The maximum absolute atomic E-state index is 12.6. The number of para-hydroxylation sites is 2. The lowest BCUT2D eigenvalue weighted by Crippen LogP contribution is -2.17. The predicted molar refractivity (Wildman–Crippen MR) is 106 cm³/mol. The van der Waals surface area contributed by atoms with E-state index in [2.05, 4.69) is 10.6 Å². The van der Waals surface area contributed by atoms with Crippen molar-refractivity contribution in [2.75, 3.05) is 10.6 Å². The number of nitrogens with zero attached hydrogens (tertiary/aromatic N) is 1. The van der Waals surface area contributed by atoms with E-state index in [1.54, 1.807) is 24.3 Å². The Morgan fingerprint density at radius 1 is 1.07 bits per heavy atom. The Kier molecular flexibility index (Phi) is 6.73. The van der Waals surface area contributed by atoms with Gasteiger partial charge in [0, 0.05) is 11.9 Å². The minimum Gasteiger partial charge on any atom is -0.366 e. The molecule has 0 fully saturated rings. The number of benzene rings is 2. The number of hydrogen-bond acceptors (Lipinski definition) is 4. The molecule has 2 aromatic carbocycles. The fraction of sp³-hybridized carbons (Fsp3) is 0.190. The molecule has 0 saturated heterocycles. The van der Waals surface area contributed by atoms with Crippen LogP contribution in [-0.4, -0.2) is 11.8 Å². The molecule has 0 atom stereocenters. The van der Waals surface area contributed by atoms with Crippen LogP contribution >= 0.6 is 0 Å². The van der Waals surface area contributed by atoms with Crippen LogP contribution in [0.1, 0.15) is 35.3 Å². The number of hydrogen-bond donors (Lipinski definition) is 3. The summed E-state index contributed by atoms with van der Waals surface area (Å²) in [5.41, 5.74) is 8.68. The smallest absolute Gasteiger partial charge is 0.267 e. The number of nitriles is 1. The minimum absolute atomic E-state index is 0.109. The molecule has 2 rings (SSSR count). The van der Waals surface area contributed by atoms with Gasteiger partial charge in [0.25, 0.3) is 11.8 Å². The van der Waals surface area contributed by atoms with Gasteiger partial charge in [-0.3, -0.25) is 9.59 Å². The van der Waals surface area contributed by atoms with Crippen molar-refractivity contribution in [3.8, 4) is 6.07 Å². The molecule has 138 valence electrons. The zero-order valence-corrected chi connectivity index (χ0v) is 15.4. The van der Waals surface area contributed by atoms with E-state index >= 15 is 0 Å². The molecule has 0 unspecified atom stereocenters. The van der Waals surface area contributed by atoms with Gasteiger partial charge in [-0.05, 0) is 36.1 Å². The highest BCUT2D eigenvalue weighted by Gasteiger charge is 2.14. The van der Waals surface area contributed by atoms with Gasteiger partial charge in [-0.25, -0.2) is 0 Å². The van der Waals surface area contributed by atoms with Crippen molar-refractivity contribution >= 4 is 23.2 Å². The van der Waals surface area contributed by atoms with E-state index in [1.807, 2.05) is 38.1 Å². The fourth-order valence-electron chi connectivity index (χ4n) is 2.71. The summed E-state index contributed by atoms with van der Waals surface area (Å²) < 4.78 is 0. The molecule has 2 amide bonds. The van der Waals surface area contributed by atoms with Gasteiger partial charge in [0.15, 0.2) is 0 Å². The third kappa shape index (κ3) is 4.73. The molecule has 0 aliphatic rings. The van der Waals surface area contributed by atoms with E-state index in [4.69, 9.17) is 5.73 Å². The third-order valence-corrected chi connectivity index (χ3v) is 4.17. The van der Waals surface area contributed by atoms with Crippen molar-refractivity contribution in [2.45, 2.75) is 26.7 Å². The van der Waals surface area contributed by atoms with Gasteiger partial charge in [0.2, 0.25) is 0 Å². The monoisotopic (exact) mass is 362 g/mol.